The SMILES string of the molecule is O=C1C(c2ccccc2)C(=O)N(c2cccc(C(F)(F)F)c2)C2C=CC=CN12. The normalized spacial score (nSPS) is 21.8. The van der Waals surface area contributed by atoms with Gasteiger partial charge in [-0.15, -0.1) is 0 Å². The molecular formula is C21H15F3N2O2. The average Bonchev–Trinajstić information content (AvgIpc) is 2.69. The highest BCUT2D eigenvalue weighted by Crippen LogP contribution is 2.37. The van der Waals surface area contributed by atoms with Crippen LogP contribution >= 0.6 is 0 Å². The van der Waals surface area contributed by atoms with E-state index in [1.807, 2.05) is 0 Å². The van der Waals surface area contributed by atoms with Crippen LogP contribution in [0.5, 0.6) is 0 Å². The molecule has 28 heavy (non-hydrogen) atoms. The van der Waals surface area contributed by atoms with Crippen LogP contribution in [0.4, 0.5) is 18.9 Å². The van der Waals surface area contributed by atoms with Crippen molar-refractivity contribution in [3.63, 3.8) is 0 Å². The van der Waals surface area contributed by atoms with Crippen molar-refractivity contribution < 1.29 is 22.8 Å². The fraction of sp³-hybridized carbons (Fsp3) is 0.143. The summed E-state index contributed by atoms with van der Waals surface area (Å²) < 4.78 is 39.5. The second kappa shape index (κ2) is 6.67. The van der Waals surface area contributed by atoms with Gasteiger partial charge in [0.15, 0.2) is 0 Å². The predicted molar refractivity (Wildman–Crippen MR) is 97.0 cm³/mol. The molecule has 0 aliphatic carbocycles. The van der Waals surface area contributed by atoms with Crippen LogP contribution in [0.1, 0.15) is 17.0 Å². The standard InChI is InChI=1S/C21H15F3N2O2/c22-21(23,24)15-9-6-10-16(13-15)26-17-11-4-5-12-25(17)19(27)18(20(26)28)14-7-2-1-3-8-14/h1-13,17-18H. The summed E-state index contributed by atoms with van der Waals surface area (Å²) in [5.74, 6) is -2.09. The van der Waals surface area contributed by atoms with Crippen LogP contribution in [0.25, 0.3) is 0 Å². The minimum absolute atomic E-state index is 0.0863. The van der Waals surface area contributed by atoms with Gasteiger partial charge in [-0.25, -0.2) is 0 Å². The third-order valence-electron chi connectivity index (χ3n) is 4.76. The van der Waals surface area contributed by atoms with Crippen LogP contribution < -0.4 is 4.90 Å². The second-order valence-corrected chi connectivity index (χ2v) is 6.49. The zero-order valence-corrected chi connectivity index (χ0v) is 14.5. The van der Waals surface area contributed by atoms with Gasteiger partial charge >= 0.3 is 6.18 Å². The van der Waals surface area contributed by atoms with Crippen LogP contribution in [-0.2, 0) is 15.8 Å². The highest BCUT2D eigenvalue weighted by Gasteiger charge is 2.46. The molecule has 142 valence electrons. The molecule has 0 radical (unpaired) electrons. The maximum atomic E-state index is 13.3. The lowest BCUT2D eigenvalue weighted by molar-refractivity contribution is -0.141. The first kappa shape index (κ1) is 18.0. The number of fused-ring (bicyclic) bond motifs is 1. The second-order valence-electron chi connectivity index (χ2n) is 6.49. The molecule has 7 heteroatoms. The summed E-state index contributed by atoms with van der Waals surface area (Å²) in [6.45, 7) is 0. The van der Waals surface area contributed by atoms with Gasteiger partial charge in [0, 0.05) is 11.9 Å². The number of allylic oxidation sites excluding steroid dienone is 2. The Morgan fingerprint density at radius 2 is 1.61 bits per heavy atom. The van der Waals surface area contributed by atoms with E-state index in [1.54, 1.807) is 48.6 Å². The third kappa shape index (κ3) is 2.98. The zero-order chi connectivity index (χ0) is 19.9. The lowest BCUT2D eigenvalue weighted by Crippen LogP contribution is -2.60. The molecule has 0 spiro atoms. The first-order valence-electron chi connectivity index (χ1n) is 8.60. The minimum atomic E-state index is -4.54. The van der Waals surface area contributed by atoms with E-state index in [9.17, 15) is 22.8 Å². The quantitative estimate of drug-likeness (QED) is 0.733. The Bertz CT molecular complexity index is 983. The van der Waals surface area contributed by atoms with Gasteiger partial charge in [-0.2, -0.15) is 13.2 Å². The lowest BCUT2D eigenvalue weighted by atomic mass is 9.92. The Kier molecular flexibility index (Phi) is 4.30. The Morgan fingerprint density at radius 1 is 0.857 bits per heavy atom. The highest BCUT2D eigenvalue weighted by atomic mass is 19.4. The van der Waals surface area contributed by atoms with Gasteiger partial charge in [0.25, 0.3) is 0 Å². The fourth-order valence-corrected chi connectivity index (χ4v) is 3.47. The molecule has 2 aliphatic heterocycles. The molecule has 2 aliphatic rings. The van der Waals surface area contributed by atoms with Crippen LogP contribution in [0, 0.1) is 0 Å². The monoisotopic (exact) mass is 384 g/mol. The molecule has 4 rings (SSSR count). The van der Waals surface area contributed by atoms with E-state index in [-0.39, 0.29) is 5.69 Å². The molecular weight excluding hydrogens is 369 g/mol. The highest BCUT2D eigenvalue weighted by molar-refractivity contribution is 6.15. The van der Waals surface area contributed by atoms with Crippen molar-refractivity contribution in [2.45, 2.75) is 18.3 Å². The number of halogens is 3. The summed E-state index contributed by atoms with van der Waals surface area (Å²) in [5, 5.41) is 0. The summed E-state index contributed by atoms with van der Waals surface area (Å²) in [7, 11) is 0. The number of anilines is 1. The molecule has 4 nitrogen and oxygen atoms in total. The van der Waals surface area contributed by atoms with Crippen molar-refractivity contribution in [1.82, 2.24) is 4.90 Å². The number of rotatable bonds is 2. The average molecular weight is 384 g/mol. The van der Waals surface area contributed by atoms with Gasteiger partial charge < -0.3 is 0 Å². The van der Waals surface area contributed by atoms with Crippen molar-refractivity contribution in [1.29, 1.82) is 0 Å². The van der Waals surface area contributed by atoms with Gasteiger partial charge in [-0.1, -0.05) is 42.5 Å². The summed E-state index contributed by atoms with van der Waals surface area (Å²) in [6, 6.07) is 13.1. The predicted octanol–water partition coefficient (Wildman–Crippen LogP) is 4.07. The van der Waals surface area contributed by atoms with E-state index in [2.05, 4.69) is 0 Å². The largest absolute Gasteiger partial charge is 0.416 e. The number of benzene rings is 2. The Hall–Kier alpha value is -3.35. The summed E-state index contributed by atoms with van der Waals surface area (Å²) in [4.78, 5) is 28.9. The number of carbonyl (C=O) groups excluding carboxylic acids is 2. The molecule has 0 aromatic heterocycles. The van der Waals surface area contributed by atoms with E-state index in [0.717, 1.165) is 12.1 Å². The molecule has 2 aromatic rings. The van der Waals surface area contributed by atoms with E-state index < -0.39 is 35.6 Å². The smallest absolute Gasteiger partial charge is 0.293 e. The molecule has 1 saturated heterocycles. The number of carbonyl (C=O) groups is 2. The van der Waals surface area contributed by atoms with Crippen LogP contribution in [0.15, 0.2) is 79.0 Å². The van der Waals surface area contributed by atoms with Crippen LogP contribution in [-0.4, -0.2) is 22.9 Å². The van der Waals surface area contributed by atoms with Crippen molar-refractivity contribution in [2.75, 3.05) is 4.90 Å². The number of amides is 2. The molecule has 1 fully saturated rings. The first-order chi connectivity index (χ1) is 13.4. The van der Waals surface area contributed by atoms with Crippen LogP contribution in [0.2, 0.25) is 0 Å². The van der Waals surface area contributed by atoms with Gasteiger partial charge in [0.1, 0.15) is 12.1 Å². The molecule has 0 bridgehead atoms. The Balaban J connectivity index is 1.83. The zero-order valence-electron chi connectivity index (χ0n) is 14.5. The van der Waals surface area contributed by atoms with Gasteiger partial charge in [0.2, 0.25) is 11.8 Å². The lowest BCUT2D eigenvalue weighted by Gasteiger charge is -2.44. The summed E-state index contributed by atoms with van der Waals surface area (Å²) in [5.41, 5.74) is -0.271. The molecule has 2 atom stereocenters. The maximum Gasteiger partial charge on any atom is 0.416 e. The van der Waals surface area contributed by atoms with Crippen molar-refractivity contribution >= 4 is 17.5 Å². The number of hydrogen-bond donors (Lipinski definition) is 0. The molecule has 2 aromatic carbocycles. The van der Waals surface area contributed by atoms with Crippen LogP contribution in [0.3, 0.4) is 0 Å². The fourth-order valence-electron chi connectivity index (χ4n) is 3.47. The molecule has 0 N–H and O–H groups in total. The molecule has 0 saturated carbocycles. The Morgan fingerprint density at radius 3 is 2.32 bits per heavy atom. The molecule has 2 amide bonds. The maximum absolute atomic E-state index is 13.3. The third-order valence-corrected chi connectivity index (χ3v) is 4.76. The molecule has 2 heterocycles. The van der Waals surface area contributed by atoms with Gasteiger partial charge in [0.05, 0.1) is 5.56 Å². The van der Waals surface area contributed by atoms with Crippen molar-refractivity contribution in [2.24, 2.45) is 0 Å². The van der Waals surface area contributed by atoms with Crippen molar-refractivity contribution in [3.8, 4) is 0 Å². The Labute approximate surface area is 159 Å². The number of nitrogens with zero attached hydrogens (tertiary/aromatic N) is 2. The van der Waals surface area contributed by atoms with Crippen molar-refractivity contribution in [3.05, 3.63) is 90.2 Å². The van der Waals surface area contributed by atoms with Gasteiger partial charge in [-0.05, 0) is 35.9 Å². The molecule has 2 unspecified atom stereocenters. The van der Waals surface area contributed by atoms with Gasteiger partial charge in [-0.3, -0.25) is 19.4 Å². The topological polar surface area (TPSA) is 40.6 Å². The van der Waals surface area contributed by atoms with E-state index in [1.165, 1.54) is 28.1 Å². The first-order valence-corrected chi connectivity index (χ1v) is 8.60. The van der Waals surface area contributed by atoms with E-state index in [0.29, 0.717) is 5.56 Å². The summed E-state index contributed by atoms with van der Waals surface area (Å²) >= 11 is 0. The number of alkyl halides is 3. The van der Waals surface area contributed by atoms with E-state index in [4.69, 9.17) is 0 Å². The number of hydrogen-bond acceptors (Lipinski definition) is 2. The summed E-state index contributed by atoms with van der Waals surface area (Å²) in [6.07, 6.45) is 1.11. The van der Waals surface area contributed by atoms with E-state index >= 15 is 0 Å². The minimum Gasteiger partial charge on any atom is -0.293 e.